The van der Waals surface area contributed by atoms with Crippen molar-refractivity contribution in [3.63, 3.8) is 0 Å². The molecule has 0 bridgehead atoms. The number of para-hydroxylation sites is 2. The van der Waals surface area contributed by atoms with Gasteiger partial charge in [-0.05, 0) is 87.9 Å². The maximum absolute atomic E-state index is 9.67. The van der Waals surface area contributed by atoms with Gasteiger partial charge in [0, 0.05) is 44.3 Å². The number of furan rings is 1. The second kappa shape index (κ2) is 13.1. The van der Waals surface area contributed by atoms with Crippen LogP contribution in [0.5, 0.6) is 0 Å². The first kappa shape index (κ1) is 19.2. The second-order valence-corrected chi connectivity index (χ2v) is 12.9. The Hall–Kier alpha value is -7.56. The van der Waals surface area contributed by atoms with Gasteiger partial charge >= 0.3 is 0 Å². The van der Waals surface area contributed by atoms with E-state index < -0.39 is 136 Å². The minimum atomic E-state index is -0.807. The average Bonchev–Trinajstić information content (AvgIpc) is 3.77. The lowest BCUT2D eigenvalue weighted by Crippen LogP contribution is -2.09. The molecule has 0 fully saturated rings. The number of anilines is 3. The van der Waals surface area contributed by atoms with Crippen molar-refractivity contribution in [1.82, 2.24) is 9.97 Å². The van der Waals surface area contributed by atoms with Gasteiger partial charge in [-0.1, -0.05) is 139 Å². The highest BCUT2D eigenvalue weighted by atomic mass is 16.3. The summed E-state index contributed by atoms with van der Waals surface area (Å²) in [5, 5.41) is 0.599. The summed E-state index contributed by atoms with van der Waals surface area (Å²) in [5.74, 6) is 0. The SMILES string of the molecule is [2H]c1c([2H])c([2H])c(-c2nc3c([2H])c([2H])c4c([2H])c([2H])c5c([2H])c(-c6ccc(N(c7ccccc7)c7ccc8oc9ccccc9c8c7)cc6)c([2H])c([2H])c5c4c3nc2-c2c([2H])c([2H])c([2H])c([2H])c2[2H])c([2H])c1[2H]. The minimum absolute atomic E-state index is 0.0595. The molecular weight excluding hydrogens is 683 g/mol. The topological polar surface area (TPSA) is 42.2 Å². The third kappa shape index (κ3) is 5.39. The Bertz CT molecular complexity index is 4180. The van der Waals surface area contributed by atoms with E-state index >= 15 is 0 Å². The third-order valence-electron chi connectivity index (χ3n) is 9.58. The van der Waals surface area contributed by atoms with Gasteiger partial charge in [-0.15, -0.1) is 0 Å². The van der Waals surface area contributed by atoms with Crippen LogP contribution in [0.4, 0.5) is 17.1 Å². The van der Waals surface area contributed by atoms with E-state index in [1.54, 1.807) is 24.3 Å². The second-order valence-electron chi connectivity index (χ2n) is 12.9. The van der Waals surface area contributed by atoms with Crippen molar-refractivity contribution in [2.24, 2.45) is 0 Å². The molecule has 0 unspecified atom stereocenters. The van der Waals surface area contributed by atoms with Crippen LogP contribution >= 0.6 is 0 Å². The lowest BCUT2D eigenvalue weighted by molar-refractivity contribution is 0.669. The molecule has 4 nitrogen and oxygen atoms in total. The molecule has 0 atom stereocenters. The Morgan fingerprint density at radius 1 is 0.446 bits per heavy atom. The number of hydrogen-bond donors (Lipinski definition) is 0. The fourth-order valence-electron chi connectivity index (χ4n) is 7.03. The summed E-state index contributed by atoms with van der Waals surface area (Å²) in [4.78, 5) is 11.3. The van der Waals surface area contributed by atoms with Crippen LogP contribution in [0.25, 0.3) is 88.2 Å². The predicted molar refractivity (Wildman–Crippen MR) is 233 cm³/mol. The van der Waals surface area contributed by atoms with E-state index in [1.807, 2.05) is 77.7 Å². The van der Waals surface area contributed by atoms with Crippen molar-refractivity contribution >= 4 is 71.6 Å². The Morgan fingerprint density at radius 3 is 1.88 bits per heavy atom. The van der Waals surface area contributed by atoms with E-state index in [1.165, 1.54) is 0 Å². The molecular formula is C52H33N3O. The monoisotopic (exact) mass is 732 g/mol. The number of hydrogen-bond acceptors (Lipinski definition) is 4. The zero-order valence-electron chi connectivity index (χ0n) is 46.0. The highest BCUT2D eigenvalue weighted by Gasteiger charge is 2.18. The van der Waals surface area contributed by atoms with Crippen molar-refractivity contribution in [3.05, 3.63) is 200 Å². The van der Waals surface area contributed by atoms with Crippen LogP contribution in [0.3, 0.4) is 0 Å². The molecule has 262 valence electrons. The van der Waals surface area contributed by atoms with Crippen LogP contribution in [-0.4, -0.2) is 9.97 Å². The molecule has 2 aromatic heterocycles. The van der Waals surface area contributed by atoms with Crippen LogP contribution < -0.4 is 4.90 Å². The molecule has 0 aliphatic carbocycles. The van der Waals surface area contributed by atoms with Gasteiger partial charge in [0.1, 0.15) is 11.2 Å². The molecule has 11 aromatic rings. The van der Waals surface area contributed by atoms with Gasteiger partial charge in [-0.2, -0.15) is 0 Å². The molecule has 0 aliphatic heterocycles. The number of fused-ring (bicyclic) bond motifs is 8. The smallest absolute Gasteiger partial charge is 0.135 e. The maximum Gasteiger partial charge on any atom is 0.135 e. The third-order valence-corrected chi connectivity index (χ3v) is 9.58. The number of benzene rings is 9. The summed E-state index contributed by atoms with van der Waals surface area (Å²) < 4.78 is 158. The first-order valence-corrected chi connectivity index (χ1v) is 17.5. The molecule has 4 heteroatoms. The zero-order chi connectivity index (χ0) is 51.8. The fourth-order valence-corrected chi connectivity index (χ4v) is 7.03. The van der Waals surface area contributed by atoms with Crippen LogP contribution in [0, 0.1) is 0 Å². The molecule has 0 spiro atoms. The van der Waals surface area contributed by atoms with Gasteiger partial charge in [0.2, 0.25) is 0 Å². The average molecular weight is 733 g/mol. The predicted octanol–water partition coefficient (Wildman–Crippen LogP) is 14.3. The minimum Gasteiger partial charge on any atom is -0.456 e. The van der Waals surface area contributed by atoms with Crippen molar-refractivity contribution in [2.45, 2.75) is 0 Å². The first-order chi connectivity index (χ1) is 34.8. The largest absolute Gasteiger partial charge is 0.456 e. The van der Waals surface area contributed by atoms with E-state index in [-0.39, 0.29) is 27.1 Å². The van der Waals surface area contributed by atoms with Crippen molar-refractivity contribution in [2.75, 3.05) is 4.90 Å². The molecule has 0 saturated carbocycles. The van der Waals surface area contributed by atoms with E-state index in [4.69, 9.17) is 24.5 Å². The fraction of sp³-hybridized carbons (Fsp3) is 0. The van der Waals surface area contributed by atoms with E-state index in [9.17, 15) is 8.22 Å². The van der Waals surface area contributed by atoms with Crippen molar-refractivity contribution in [3.8, 4) is 33.6 Å². The Labute approximate surface area is 347 Å². The highest BCUT2D eigenvalue weighted by molar-refractivity contribution is 6.19. The van der Waals surface area contributed by atoms with Gasteiger partial charge in [0.15, 0.2) is 0 Å². The lowest BCUT2D eigenvalue weighted by atomic mass is 9.96. The highest BCUT2D eigenvalue weighted by Crippen LogP contribution is 2.41. The molecule has 0 aliphatic rings. The molecule has 11 rings (SSSR count). The Balaban J connectivity index is 1.17. The molecule has 56 heavy (non-hydrogen) atoms. The normalized spacial score (nSPS) is 15.8. The molecule has 0 saturated heterocycles. The van der Waals surface area contributed by atoms with Gasteiger partial charge in [-0.25, -0.2) is 9.97 Å². The Morgan fingerprint density at radius 2 is 1.09 bits per heavy atom. The molecule has 0 N–H and O–H groups in total. The van der Waals surface area contributed by atoms with E-state index in [2.05, 4.69) is 4.98 Å². The zero-order valence-corrected chi connectivity index (χ0v) is 29.0. The number of rotatable bonds is 6. The quantitative estimate of drug-likeness (QED) is 0.160. The van der Waals surface area contributed by atoms with Crippen LogP contribution in [0.15, 0.2) is 204 Å². The standard InChI is InChI=1S/C52H33N3O/c1-4-12-36(13-5-1)50-51(37-14-6-2-7-15-37)54-52-46(53-50)30-25-35-20-21-39-32-38(24-29-43(39)49(35)52)34-22-26-41(27-23-34)55(40-16-8-3-9-17-40)42-28-31-48-45(33-42)44-18-10-11-19-47(44)56-48/h1-33H/i1D,2D,4D,5D,6D,7D,12D,13D,14D,15D,20D,21D,24D,25D,29D,30D,32D. The van der Waals surface area contributed by atoms with Gasteiger partial charge in [0.25, 0.3) is 0 Å². The number of nitrogens with zero attached hydrogens (tertiary/aromatic N) is 3. The summed E-state index contributed by atoms with van der Waals surface area (Å²) in [5.41, 5.74) is 0.778. The maximum atomic E-state index is 9.67. The van der Waals surface area contributed by atoms with Gasteiger partial charge < -0.3 is 9.32 Å². The summed E-state index contributed by atoms with van der Waals surface area (Å²) in [7, 11) is 0. The number of aromatic nitrogens is 2. The van der Waals surface area contributed by atoms with Crippen LogP contribution in [-0.2, 0) is 0 Å². The first-order valence-electron chi connectivity index (χ1n) is 26.0. The van der Waals surface area contributed by atoms with E-state index in [0.717, 1.165) is 27.7 Å². The summed E-state index contributed by atoms with van der Waals surface area (Å²) in [6.07, 6.45) is 0. The molecule has 9 aromatic carbocycles. The summed E-state index contributed by atoms with van der Waals surface area (Å²) in [6, 6.07) is 18.2. The van der Waals surface area contributed by atoms with Crippen molar-refractivity contribution in [1.29, 1.82) is 0 Å². The summed E-state index contributed by atoms with van der Waals surface area (Å²) >= 11 is 0. The molecule has 0 amide bonds. The van der Waals surface area contributed by atoms with Gasteiger partial charge in [-0.3, -0.25) is 0 Å². The van der Waals surface area contributed by atoms with Crippen molar-refractivity contribution < 1.29 is 27.7 Å². The molecule has 0 radical (unpaired) electrons. The summed E-state index contributed by atoms with van der Waals surface area (Å²) in [6.45, 7) is 0. The van der Waals surface area contributed by atoms with Crippen LogP contribution in [0.1, 0.15) is 23.3 Å². The lowest BCUT2D eigenvalue weighted by Gasteiger charge is -2.25. The Kier molecular flexibility index (Phi) is 4.47. The molecule has 2 heterocycles. The van der Waals surface area contributed by atoms with Gasteiger partial charge in [0.05, 0.1) is 45.7 Å². The van der Waals surface area contributed by atoms with E-state index in [0.29, 0.717) is 16.8 Å². The van der Waals surface area contributed by atoms with Crippen LogP contribution in [0.2, 0.25) is 0 Å².